The Kier molecular flexibility index (Phi) is 5.34. The molecular formula is C13H15IN4O2S. The summed E-state index contributed by atoms with van der Waals surface area (Å²) in [5.74, 6) is 0.421. The maximum absolute atomic E-state index is 12.2. The molecule has 0 spiro atoms. The third-order valence-corrected chi connectivity index (χ3v) is 4.56. The summed E-state index contributed by atoms with van der Waals surface area (Å²) < 4.78 is 27.9. The molecule has 0 fully saturated rings. The molecule has 0 aliphatic heterocycles. The van der Waals surface area contributed by atoms with Gasteiger partial charge in [-0.15, -0.1) is 0 Å². The molecule has 0 saturated heterocycles. The molecule has 0 amide bonds. The Morgan fingerprint density at radius 1 is 1.24 bits per heavy atom. The van der Waals surface area contributed by atoms with E-state index in [1.807, 2.05) is 13.0 Å². The van der Waals surface area contributed by atoms with Gasteiger partial charge in [0.15, 0.2) is 0 Å². The number of sulfonamides is 1. The van der Waals surface area contributed by atoms with E-state index < -0.39 is 10.0 Å². The molecule has 0 aliphatic carbocycles. The van der Waals surface area contributed by atoms with Gasteiger partial charge in [0, 0.05) is 15.8 Å². The van der Waals surface area contributed by atoms with Crippen LogP contribution in [0.15, 0.2) is 41.6 Å². The first-order valence-corrected chi connectivity index (χ1v) is 8.92. The first-order chi connectivity index (χ1) is 10.0. The SMILES string of the molecule is CCCNc1ncc(S(=O)(=O)Nc2cccc(I)c2)cn1. The fourth-order valence-electron chi connectivity index (χ4n) is 1.55. The molecular weight excluding hydrogens is 403 g/mol. The molecule has 2 rings (SSSR count). The Labute approximate surface area is 137 Å². The van der Waals surface area contributed by atoms with Gasteiger partial charge in [-0.2, -0.15) is 0 Å². The van der Waals surface area contributed by atoms with Crippen LogP contribution in [0.5, 0.6) is 0 Å². The number of anilines is 2. The molecule has 0 unspecified atom stereocenters. The van der Waals surface area contributed by atoms with E-state index in [1.165, 1.54) is 12.4 Å². The highest BCUT2D eigenvalue weighted by Gasteiger charge is 2.15. The van der Waals surface area contributed by atoms with Crippen LogP contribution in [0.3, 0.4) is 0 Å². The number of benzene rings is 1. The van der Waals surface area contributed by atoms with Crippen LogP contribution in [-0.2, 0) is 10.0 Å². The molecule has 0 atom stereocenters. The molecule has 0 bridgehead atoms. The Balaban J connectivity index is 2.15. The Morgan fingerprint density at radius 3 is 2.57 bits per heavy atom. The summed E-state index contributed by atoms with van der Waals surface area (Å²) in [5, 5.41) is 2.99. The van der Waals surface area contributed by atoms with E-state index in [9.17, 15) is 8.42 Å². The Bertz CT molecular complexity index is 704. The minimum absolute atomic E-state index is 0.0309. The second kappa shape index (κ2) is 7.03. The van der Waals surface area contributed by atoms with Crippen molar-refractivity contribution in [2.75, 3.05) is 16.6 Å². The lowest BCUT2D eigenvalue weighted by Gasteiger charge is -2.08. The van der Waals surface area contributed by atoms with Crippen LogP contribution in [0.4, 0.5) is 11.6 Å². The fraction of sp³-hybridized carbons (Fsp3) is 0.231. The van der Waals surface area contributed by atoms with Crippen molar-refractivity contribution in [2.24, 2.45) is 0 Å². The van der Waals surface area contributed by atoms with Crippen molar-refractivity contribution in [3.05, 3.63) is 40.2 Å². The summed E-state index contributed by atoms with van der Waals surface area (Å²) in [7, 11) is -3.67. The zero-order valence-corrected chi connectivity index (χ0v) is 14.3. The topological polar surface area (TPSA) is 84.0 Å². The number of halogens is 1. The van der Waals surface area contributed by atoms with Gasteiger partial charge in [0.25, 0.3) is 10.0 Å². The minimum Gasteiger partial charge on any atom is -0.354 e. The van der Waals surface area contributed by atoms with Crippen molar-refractivity contribution >= 4 is 44.2 Å². The van der Waals surface area contributed by atoms with Gasteiger partial charge in [-0.25, -0.2) is 18.4 Å². The molecule has 21 heavy (non-hydrogen) atoms. The molecule has 6 nitrogen and oxygen atoms in total. The molecule has 2 N–H and O–H groups in total. The van der Waals surface area contributed by atoms with Crippen LogP contribution < -0.4 is 10.0 Å². The van der Waals surface area contributed by atoms with Crippen LogP contribution in [0, 0.1) is 3.57 Å². The predicted molar refractivity (Wildman–Crippen MR) is 90.8 cm³/mol. The lowest BCUT2D eigenvalue weighted by Crippen LogP contribution is -2.14. The van der Waals surface area contributed by atoms with Crippen molar-refractivity contribution < 1.29 is 8.42 Å². The van der Waals surface area contributed by atoms with Crippen LogP contribution >= 0.6 is 22.6 Å². The van der Waals surface area contributed by atoms with Crippen molar-refractivity contribution in [3.63, 3.8) is 0 Å². The van der Waals surface area contributed by atoms with Gasteiger partial charge in [0.2, 0.25) is 5.95 Å². The van der Waals surface area contributed by atoms with Gasteiger partial charge >= 0.3 is 0 Å². The fourth-order valence-corrected chi connectivity index (χ4v) is 3.03. The highest BCUT2D eigenvalue weighted by atomic mass is 127. The summed E-state index contributed by atoms with van der Waals surface area (Å²) >= 11 is 2.12. The summed E-state index contributed by atoms with van der Waals surface area (Å²) in [4.78, 5) is 8.03. The van der Waals surface area contributed by atoms with Gasteiger partial charge in [-0.1, -0.05) is 13.0 Å². The van der Waals surface area contributed by atoms with E-state index in [2.05, 4.69) is 42.6 Å². The van der Waals surface area contributed by atoms with E-state index in [0.29, 0.717) is 11.6 Å². The van der Waals surface area contributed by atoms with Gasteiger partial charge in [0.1, 0.15) is 4.90 Å². The molecule has 0 saturated carbocycles. The maximum Gasteiger partial charge on any atom is 0.264 e. The summed E-state index contributed by atoms with van der Waals surface area (Å²) in [6.45, 7) is 2.77. The quantitative estimate of drug-likeness (QED) is 0.705. The second-order valence-corrected chi connectivity index (χ2v) is 7.21. The molecule has 1 aromatic carbocycles. The van der Waals surface area contributed by atoms with E-state index in [0.717, 1.165) is 16.5 Å². The van der Waals surface area contributed by atoms with E-state index in [-0.39, 0.29) is 4.90 Å². The number of aromatic nitrogens is 2. The largest absolute Gasteiger partial charge is 0.354 e. The highest BCUT2D eigenvalue weighted by Crippen LogP contribution is 2.17. The van der Waals surface area contributed by atoms with Crippen LogP contribution in [0.1, 0.15) is 13.3 Å². The van der Waals surface area contributed by atoms with Crippen molar-refractivity contribution in [3.8, 4) is 0 Å². The lowest BCUT2D eigenvalue weighted by atomic mass is 10.3. The van der Waals surface area contributed by atoms with E-state index >= 15 is 0 Å². The highest BCUT2D eigenvalue weighted by molar-refractivity contribution is 14.1. The number of nitrogens with zero attached hydrogens (tertiary/aromatic N) is 2. The van der Waals surface area contributed by atoms with Crippen molar-refractivity contribution in [2.45, 2.75) is 18.2 Å². The first-order valence-electron chi connectivity index (χ1n) is 6.35. The van der Waals surface area contributed by atoms with Gasteiger partial charge in [-0.05, 0) is 47.2 Å². The summed E-state index contributed by atoms with van der Waals surface area (Å²) in [5.41, 5.74) is 0.509. The van der Waals surface area contributed by atoms with Gasteiger partial charge in [-0.3, -0.25) is 4.72 Å². The number of nitrogens with one attached hydrogen (secondary N) is 2. The lowest BCUT2D eigenvalue weighted by molar-refractivity contribution is 0.600. The average molecular weight is 418 g/mol. The Hall–Kier alpha value is -1.42. The molecule has 112 valence electrons. The number of hydrogen-bond acceptors (Lipinski definition) is 5. The third-order valence-electron chi connectivity index (χ3n) is 2.55. The van der Waals surface area contributed by atoms with Crippen LogP contribution in [0.25, 0.3) is 0 Å². The number of rotatable bonds is 6. The number of hydrogen-bond donors (Lipinski definition) is 2. The van der Waals surface area contributed by atoms with Crippen molar-refractivity contribution in [1.29, 1.82) is 0 Å². The van der Waals surface area contributed by atoms with Gasteiger partial charge in [0.05, 0.1) is 12.4 Å². The average Bonchev–Trinajstić information content (AvgIpc) is 2.45. The third kappa shape index (κ3) is 4.53. The molecule has 8 heteroatoms. The van der Waals surface area contributed by atoms with E-state index in [4.69, 9.17) is 0 Å². The molecule has 0 aliphatic rings. The predicted octanol–water partition coefficient (Wildman–Crippen LogP) is 2.70. The molecule has 1 heterocycles. The first kappa shape index (κ1) is 16.0. The monoisotopic (exact) mass is 418 g/mol. The summed E-state index contributed by atoms with van der Waals surface area (Å²) in [6, 6.07) is 7.11. The normalized spacial score (nSPS) is 11.1. The molecule has 0 radical (unpaired) electrons. The van der Waals surface area contributed by atoms with Crippen LogP contribution in [-0.4, -0.2) is 24.9 Å². The summed E-state index contributed by atoms with van der Waals surface area (Å²) in [6.07, 6.45) is 3.53. The molecule has 2 aromatic rings. The van der Waals surface area contributed by atoms with E-state index in [1.54, 1.807) is 18.2 Å². The Morgan fingerprint density at radius 2 is 1.95 bits per heavy atom. The minimum atomic E-state index is -3.67. The maximum atomic E-state index is 12.2. The zero-order valence-electron chi connectivity index (χ0n) is 11.4. The zero-order chi connectivity index (χ0) is 15.3. The standard InChI is InChI=1S/C13H15IN4O2S/c1-2-6-15-13-16-8-12(9-17-13)21(19,20)18-11-5-3-4-10(14)7-11/h3-5,7-9,18H,2,6H2,1H3,(H,15,16,17). The smallest absolute Gasteiger partial charge is 0.264 e. The second-order valence-electron chi connectivity index (χ2n) is 4.28. The van der Waals surface area contributed by atoms with Crippen LogP contribution in [0.2, 0.25) is 0 Å². The van der Waals surface area contributed by atoms with Gasteiger partial charge < -0.3 is 5.32 Å². The van der Waals surface area contributed by atoms with Crippen molar-refractivity contribution in [1.82, 2.24) is 9.97 Å². The molecule has 1 aromatic heterocycles.